The van der Waals surface area contributed by atoms with Gasteiger partial charge in [-0.05, 0) is 77.6 Å². The molecule has 4 nitrogen and oxygen atoms in total. The third-order valence-electron chi connectivity index (χ3n) is 8.01. The van der Waals surface area contributed by atoms with E-state index in [-0.39, 0.29) is 29.6 Å². The highest BCUT2D eigenvalue weighted by atomic mass is 35.5. The monoisotopic (exact) mass is 585 g/mol. The molecule has 212 valence electrons. The van der Waals surface area contributed by atoms with Gasteiger partial charge < -0.3 is 10.2 Å². The average Bonchev–Trinajstić information content (AvgIpc) is 3.74. The molecule has 1 fully saturated rings. The molecule has 1 heterocycles. The molecule has 6 heteroatoms. The summed E-state index contributed by atoms with van der Waals surface area (Å²) < 4.78 is 0. The normalized spacial score (nSPS) is 15.7. The van der Waals surface area contributed by atoms with Crippen LogP contribution in [0.3, 0.4) is 0 Å². The van der Waals surface area contributed by atoms with Gasteiger partial charge in [0, 0.05) is 33.9 Å². The number of hydrogen-bond acceptors (Lipinski definition) is 4. The number of rotatable bonds is 13. The van der Waals surface area contributed by atoms with Crippen molar-refractivity contribution < 1.29 is 15.0 Å². The number of fused-ring (bicyclic) bond motifs is 1. The molecular weight excluding hydrogens is 550 g/mol. The first-order valence-corrected chi connectivity index (χ1v) is 15.6. The Labute approximate surface area is 251 Å². The summed E-state index contributed by atoms with van der Waals surface area (Å²) >= 11 is 8.06. The molecule has 1 saturated carbocycles. The lowest BCUT2D eigenvalue weighted by Crippen LogP contribution is -2.12. The molecule has 1 aliphatic carbocycles. The fourth-order valence-corrected chi connectivity index (χ4v) is 7.10. The number of halogens is 1. The Kier molecular flexibility index (Phi) is 9.49. The van der Waals surface area contributed by atoms with Crippen molar-refractivity contribution in [3.63, 3.8) is 0 Å². The number of carboxylic acid groups (broad SMARTS) is 1. The van der Waals surface area contributed by atoms with Gasteiger partial charge in [-0.25, -0.2) is 4.98 Å². The molecule has 5 rings (SSSR count). The van der Waals surface area contributed by atoms with E-state index < -0.39 is 5.97 Å². The minimum Gasteiger partial charge on any atom is -0.481 e. The summed E-state index contributed by atoms with van der Waals surface area (Å²) in [5, 5.41) is 21.2. The number of aromatic nitrogens is 1. The highest BCUT2D eigenvalue weighted by Crippen LogP contribution is 2.53. The van der Waals surface area contributed by atoms with Gasteiger partial charge in [0.2, 0.25) is 0 Å². The summed E-state index contributed by atoms with van der Waals surface area (Å²) in [6, 6.07) is 26.8. The summed E-state index contributed by atoms with van der Waals surface area (Å²) in [6.07, 6.45) is 8.17. The van der Waals surface area contributed by atoms with Gasteiger partial charge in [-0.3, -0.25) is 4.79 Å². The Balaban J connectivity index is 1.36. The molecule has 3 aromatic carbocycles. The summed E-state index contributed by atoms with van der Waals surface area (Å²) in [7, 11) is 0. The Morgan fingerprint density at radius 2 is 1.85 bits per heavy atom. The van der Waals surface area contributed by atoms with Gasteiger partial charge >= 0.3 is 5.97 Å². The average molecular weight is 586 g/mol. The van der Waals surface area contributed by atoms with Crippen LogP contribution in [0, 0.1) is 5.41 Å². The highest BCUT2D eigenvalue weighted by molar-refractivity contribution is 7.99. The van der Waals surface area contributed by atoms with Crippen molar-refractivity contribution in [2.24, 2.45) is 5.41 Å². The maximum Gasteiger partial charge on any atom is 0.303 e. The van der Waals surface area contributed by atoms with Crippen LogP contribution in [0.4, 0.5) is 0 Å². The number of aliphatic hydroxyl groups excluding tert-OH is 1. The van der Waals surface area contributed by atoms with Crippen molar-refractivity contribution in [1.29, 1.82) is 0 Å². The van der Waals surface area contributed by atoms with Crippen LogP contribution in [0.5, 0.6) is 0 Å². The number of aryl methyl sites for hydroxylation is 1. The highest BCUT2D eigenvalue weighted by Gasteiger charge is 2.44. The Morgan fingerprint density at radius 3 is 2.63 bits per heavy atom. The van der Waals surface area contributed by atoms with E-state index in [0.717, 1.165) is 53.6 Å². The number of nitrogens with zero attached hydrogens (tertiary/aromatic N) is 1. The second-order valence-electron chi connectivity index (χ2n) is 11.3. The summed E-state index contributed by atoms with van der Waals surface area (Å²) in [4.78, 5) is 16.2. The molecule has 2 unspecified atom stereocenters. The molecule has 0 amide bonds. The van der Waals surface area contributed by atoms with E-state index in [1.807, 2.05) is 48.2 Å². The number of carbonyl (C=O) groups is 1. The molecule has 2 N–H and O–H groups in total. The van der Waals surface area contributed by atoms with E-state index in [2.05, 4.69) is 61.5 Å². The summed E-state index contributed by atoms with van der Waals surface area (Å²) in [5.74, 6) is 0.238. The molecule has 41 heavy (non-hydrogen) atoms. The minimum absolute atomic E-state index is 0.0692. The maximum atomic E-state index is 11.5. The third kappa shape index (κ3) is 7.79. The summed E-state index contributed by atoms with van der Waals surface area (Å²) in [5.41, 5.74) is 6.48. The van der Waals surface area contributed by atoms with E-state index in [1.54, 1.807) is 0 Å². The third-order valence-corrected chi connectivity index (χ3v) is 9.94. The number of aliphatic carboxylic acids is 1. The second-order valence-corrected chi connectivity index (χ2v) is 12.9. The summed E-state index contributed by atoms with van der Waals surface area (Å²) in [6.45, 7) is 2.18. The van der Waals surface area contributed by atoms with Gasteiger partial charge in [0.15, 0.2) is 0 Å². The first kappa shape index (κ1) is 29.4. The Bertz CT molecular complexity index is 1550. The molecule has 0 spiro atoms. The zero-order chi connectivity index (χ0) is 28.8. The quantitative estimate of drug-likeness (QED) is 0.164. The van der Waals surface area contributed by atoms with Crippen molar-refractivity contribution in [3.8, 4) is 0 Å². The van der Waals surface area contributed by atoms with Crippen LogP contribution >= 0.6 is 23.4 Å². The molecule has 2 atom stereocenters. The predicted octanol–water partition coefficient (Wildman–Crippen LogP) is 8.82. The Morgan fingerprint density at radius 1 is 1.05 bits per heavy atom. The van der Waals surface area contributed by atoms with Crippen LogP contribution in [0.1, 0.15) is 71.7 Å². The van der Waals surface area contributed by atoms with E-state index in [0.29, 0.717) is 5.02 Å². The SMILES string of the molecule is CC(CO)c1ccccc1CCC(SCC1(CC(=O)O)CC1)c1cccc(/C=C/c2ccc3ccc(Cl)cc3n2)c1. The van der Waals surface area contributed by atoms with Crippen LogP contribution in [-0.4, -0.2) is 33.5 Å². The fraction of sp³-hybridized carbons (Fsp3) is 0.314. The molecule has 1 aromatic heterocycles. The number of aliphatic hydroxyl groups is 1. The first-order valence-electron chi connectivity index (χ1n) is 14.2. The zero-order valence-electron chi connectivity index (χ0n) is 23.3. The van der Waals surface area contributed by atoms with Crippen molar-refractivity contribution in [1.82, 2.24) is 4.98 Å². The van der Waals surface area contributed by atoms with Gasteiger partial charge in [-0.1, -0.05) is 85.3 Å². The second kappa shape index (κ2) is 13.2. The van der Waals surface area contributed by atoms with Crippen LogP contribution < -0.4 is 0 Å². The fourth-order valence-electron chi connectivity index (χ4n) is 5.36. The maximum absolute atomic E-state index is 11.5. The van der Waals surface area contributed by atoms with Gasteiger partial charge in [0.25, 0.3) is 0 Å². The smallest absolute Gasteiger partial charge is 0.303 e. The first-order chi connectivity index (χ1) is 19.8. The van der Waals surface area contributed by atoms with E-state index in [4.69, 9.17) is 16.6 Å². The Hall–Kier alpha value is -3.12. The lowest BCUT2D eigenvalue weighted by Gasteiger charge is -2.22. The topological polar surface area (TPSA) is 70.4 Å². The molecule has 0 saturated heterocycles. The van der Waals surface area contributed by atoms with Crippen molar-refractivity contribution in [3.05, 3.63) is 112 Å². The van der Waals surface area contributed by atoms with Crippen molar-refractivity contribution >= 4 is 52.4 Å². The zero-order valence-corrected chi connectivity index (χ0v) is 24.9. The largest absolute Gasteiger partial charge is 0.481 e. The number of carboxylic acids is 1. The predicted molar refractivity (Wildman–Crippen MR) is 172 cm³/mol. The molecule has 1 aliphatic rings. The van der Waals surface area contributed by atoms with Gasteiger partial charge in [-0.15, -0.1) is 0 Å². The van der Waals surface area contributed by atoms with Crippen molar-refractivity contribution in [2.45, 2.75) is 50.2 Å². The molecular formula is C35H36ClNO3S. The van der Waals surface area contributed by atoms with Gasteiger partial charge in [-0.2, -0.15) is 11.8 Å². The number of hydrogen-bond donors (Lipinski definition) is 2. The van der Waals surface area contributed by atoms with Crippen LogP contribution in [0.15, 0.2) is 78.9 Å². The molecule has 0 radical (unpaired) electrons. The molecule has 4 aromatic rings. The minimum atomic E-state index is -0.705. The van der Waals surface area contributed by atoms with Crippen LogP contribution in [-0.2, 0) is 11.2 Å². The van der Waals surface area contributed by atoms with Crippen molar-refractivity contribution in [2.75, 3.05) is 12.4 Å². The van der Waals surface area contributed by atoms with E-state index >= 15 is 0 Å². The number of benzene rings is 3. The lowest BCUT2D eigenvalue weighted by molar-refractivity contribution is -0.138. The number of pyridine rings is 1. The van der Waals surface area contributed by atoms with Crippen LogP contribution in [0.2, 0.25) is 5.02 Å². The van der Waals surface area contributed by atoms with E-state index in [9.17, 15) is 15.0 Å². The van der Waals surface area contributed by atoms with E-state index in [1.165, 1.54) is 16.7 Å². The van der Waals surface area contributed by atoms with Crippen LogP contribution in [0.25, 0.3) is 23.1 Å². The lowest BCUT2D eigenvalue weighted by atomic mass is 9.92. The molecule has 0 bridgehead atoms. The van der Waals surface area contributed by atoms with Gasteiger partial charge in [0.1, 0.15) is 0 Å². The number of thioether (sulfide) groups is 1. The molecule has 0 aliphatic heterocycles. The standard InChI is InChI=1S/C35H36ClNO3S/c1-24(22-38)31-8-3-2-6-26(31)12-16-33(41-23-35(17-18-35)21-34(39)40)28-7-4-5-25(19-28)9-14-30-15-11-27-10-13-29(36)20-32(27)37-30/h2-11,13-15,19-20,24,33,38H,12,16-18,21-23H2,1H3,(H,39,40)/b14-9+. The van der Waals surface area contributed by atoms with Gasteiger partial charge in [0.05, 0.1) is 17.6 Å².